The van der Waals surface area contributed by atoms with Gasteiger partial charge in [-0.3, -0.25) is 0 Å². The number of hydrogen-bond acceptors (Lipinski definition) is 2. The second kappa shape index (κ2) is 10.8. The number of halogens is 1. The summed E-state index contributed by atoms with van der Waals surface area (Å²) in [6, 6.07) is 21.4. The monoisotopic (exact) mass is 408 g/mol. The maximum absolute atomic E-state index is 10.4. The van der Waals surface area contributed by atoms with E-state index >= 15 is 0 Å². The van der Waals surface area contributed by atoms with Gasteiger partial charge in [0.25, 0.3) is 0 Å². The van der Waals surface area contributed by atoms with E-state index in [-0.39, 0.29) is 0 Å². The summed E-state index contributed by atoms with van der Waals surface area (Å²) in [5.74, 6) is 0.413. The minimum absolute atomic E-state index is 0.413. The first-order chi connectivity index (χ1) is 14.2. The third-order valence-corrected chi connectivity index (χ3v) is 6.92. The van der Waals surface area contributed by atoms with Gasteiger partial charge in [0.1, 0.15) is 0 Å². The van der Waals surface area contributed by atoms with Gasteiger partial charge in [-0.1, -0.05) is 79.4 Å². The Hall–Kier alpha value is -1.82. The van der Waals surface area contributed by atoms with E-state index in [4.69, 9.17) is 11.6 Å². The van der Waals surface area contributed by atoms with Crippen LogP contribution in [0.2, 0.25) is 5.02 Å². The third-order valence-electron chi connectivity index (χ3n) is 6.59. The van der Waals surface area contributed by atoms with Crippen molar-refractivity contribution in [1.82, 2.24) is 4.90 Å². The largest absolute Gasteiger partial charge is 0.306 e. The summed E-state index contributed by atoms with van der Waals surface area (Å²) >= 11 is 6.60. The van der Waals surface area contributed by atoms with E-state index in [9.17, 15) is 5.26 Å². The Balaban J connectivity index is 1.65. The van der Waals surface area contributed by atoms with Gasteiger partial charge >= 0.3 is 0 Å². The molecule has 1 atom stereocenters. The van der Waals surface area contributed by atoms with Crippen molar-refractivity contribution in [3.8, 4) is 6.07 Å². The zero-order valence-corrected chi connectivity index (χ0v) is 18.4. The molecule has 154 valence electrons. The average Bonchev–Trinajstić information content (AvgIpc) is 2.77. The minimum Gasteiger partial charge on any atom is -0.306 e. The SMILES string of the molecule is CN(CCCC(C#N)(c1ccccc1Cl)C1CCCCC1)CCc1ccccc1. The molecular formula is C26H33ClN2. The molecule has 0 radical (unpaired) electrons. The van der Waals surface area contributed by atoms with E-state index in [2.05, 4.69) is 54.4 Å². The predicted molar refractivity (Wildman–Crippen MR) is 122 cm³/mol. The third kappa shape index (κ3) is 5.62. The molecule has 1 unspecified atom stereocenters. The lowest BCUT2D eigenvalue weighted by atomic mass is 9.63. The molecule has 1 aliphatic carbocycles. The Morgan fingerprint density at radius 2 is 1.69 bits per heavy atom. The highest BCUT2D eigenvalue weighted by molar-refractivity contribution is 6.31. The highest BCUT2D eigenvalue weighted by atomic mass is 35.5. The summed E-state index contributed by atoms with van der Waals surface area (Å²) in [7, 11) is 2.19. The standard InChI is InChI=1S/C26H33ClN2/c1-29(20-17-22-11-4-2-5-12-22)19-10-18-26(21-28,23-13-6-3-7-14-23)24-15-8-9-16-25(24)27/h2,4-5,8-9,11-12,15-16,23H,3,6-7,10,13-14,17-20H2,1H3. The van der Waals surface area contributed by atoms with E-state index in [1.54, 1.807) is 0 Å². The van der Waals surface area contributed by atoms with E-state index in [0.717, 1.165) is 55.8 Å². The summed E-state index contributed by atoms with van der Waals surface area (Å²) in [6.07, 6.45) is 9.00. The maximum Gasteiger partial charge on any atom is 0.0865 e. The van der Waals surface area contributed by atoms with E-state index in [0.29, 0.717) is 5.92 Å². The zero-order chi connectivity index (χ0) is 20.5. The lowest BCUT2D eigenvalue weighted by Gasteiger charge is -2.39. The van der Waals surface area contributed by atoms with E-state index in [1.165, 1.54) is 24.8 Å². The van der Waals surface area contributed by atoms with Gasteiger partial charge in [0.15, 0.2) is 0 Å². The lowest BCUT2D eigenvalue weighted by Crippen LogP contribution is -2.36. The molecule has 0 heterocycles. The number of hydrogen-bond donors (Lipinski definition) is 0. The highest BCUT2D eigenvalue weighted by Crippen LogP contribution is 2.46. The molecule has 3 rings (SSSR count). The molecule has 0 aliphatic heterocycles. The van der Waals surface area contributed by atoms with Crippen LogP contribution in [-0.2, 0) is 11.8 Å². The van der Waals surface area contributed by atoms with Gasteiger partial charge in [-0.05, 0) is 68.8 Å². The molecule has 2 aromatic rings. The van der Waals surface area contributed by atoms with Crippen LogP contribution in [0.1, 0.15) is 56.1 Å². The fourth-order valence-electron chi connectivity index (χ4n) is 4.89. The van der Waals surface area contributed by atoms with E-state index < -0.39 is 5.41 Å². The number of benzene rings is 2. The summed E-state index contributed by atoms with van der Waals surface area (Å²) < 4.78 is 0. The Labute approximate surface area is 181 Å². The Morgan fingerprint density at radius 1 is 1.00 bits per heavy atom. The molecule has 0 N–H and O–H groups in total. The first kappa shape index (κ1) is 21.9. The van der Waals surface area contributed by atoms with Crippen LogP contribution in [0.4, 0.5) is 0 Å². The van der Waals surface area contributed by atoms with Crippen LogP contribution < -0.4 is 0 Å². The summed E-state index contributed by atoms with van der Waals surface area (Å²) in [5, 5.41) is 11.1. The second-order valence-electron chi connectivity index (χ2n) is 8.54. The molecule has 0 saturated heterocycles. The summed E-state index contributed by atoms with van der Waals surface area (Å²) in [4.78, 5) is 2.39. The van der Waals surface area contributed by atoms with Crippen molar-refractivity contribution in [1.29, 1.82) is 5.26 Å². The molecule has 1 saturated carbocycles. The molecule has 2 aromatic carbocycles. The molecule has 0 amide bonds. The van der Waals surface area contributed by atoms with Crippen LogP contribution >= 0.6 is 11.6 Å². The van der Waals surface area contributed by atoms with Gasteiger partial charge in [0.2, 0.25) is 0 Å². The van der Waals surface area contributed by atoms with Crippen LogP contribution in [-0.4, -0.2) is 25.0 Å². The molecule has 0 bridgehead atoms. The number of nitrogens with zero attached hydrogens (tertiary/aromatic N) is 2. The van der Waals surface area contributed by atoms with Gasteiger partial charge in [-0.15, -0.1) is 0 Å². The minimum atomic E-state index is -0.459. The van der Waals surface area contributed by atoms with Gasteiger partial charge in [0, 0.05) is 11.6 Å². The molecule has 2 nitrogen and oxygen atoms in total. The quantitative estimate of drug-likeness (QED) is 0.465. The van der Waals surface area contributed by atoms with Crippen molar-refractivity contribution < 1.29 is 0 Å². The molecule has 3 heteroatoms. The number of nitriles is 1. The fraction of sp³-hybridized carbons (Fsp3) is 0.500. The number of likely N-dealkylation sites (N-methyl/N-ethyl adjacent to an activating group) is 1. The Morgan fingerprint density at radius 3 is 2.38 bits per heavy atom. The van der Waals surface area contributed by atoms with Gasteiger partial charge in [0.05, 0.1) is 11.5 Å². The van der Waals surface area contributed by atoms with E-state index in [1.807, 2.05) is 18.2 Å². The second-order valence-corrected chi connectivity index (χ2v) is 8.95. The maximum atomic E-state index is 10.4. The first-order valence-corrected chi connectivity index (χ1v) is 11.4. The van der Waals surface area contributed by atoms with Crippen molar-refractivity contribution in [2.75, 3.05) is 20.1 Å². The Bertz CT molecular complexity index is 792. The van der Waals surface area contributed by atoms with Crippen LogP contribution in [0, 0.1) is 17.2 Å². The van der Waals surface area contributed by atoms with Gasteiger partial charge in [-0.2, -0.15) is 5.26 Å². The number of rotatable bonds is 9. The van der Waals surface area contributed by atoms with Crippen LogP contribution in [0.15, 0.2) is 54.6 Å². The van der Waals surface area contributed by atoms with Crippen molar-refractivity contribution >= 4 is 11.6 Å². The van der Waals surface area contributed by atoms with Crippen molar-refractivity contribution in [3.05, 3.63) is 70.7 Å². The topological polar surface area (TPSA) is 27.0 Å². The Kier molecular flexibility index (Phi) is 8.16. The van der Waals surface area contributed by atoms with Gasteiger partial charge in [-0.25, -0.2) is 0 Å². The highest BCUT2D eigenvalue weighted by Gasteiger charge is 2.42. The summed E-state index contributed by atoms with van der Waals surface area (Å²) in [6.45, 7) is 2.05. The van der Waals surface area contributed by atoms with Crippen molar-refractivity contribution in [2.45, 2.75) is 56.8 Å². The molecule has 0 aromatic heterocycles. The molecular weight excluding hydrogens is 376 g/mol. The van der Waals surface area contributed by atoms with Crippen LogP contribution in [0.5, 0.6) is 0 Å². The summed E-state index contributed by atoms with van der Waals surface area (Å²) in [5.41, 5.74) is 1.96. The normalized spacial score (nSPS) is 17.0. The fourth-order valence-corrected chi connectivity index (χ4v) is 5.19. The van der Waals surface area contributed by atoms with Crippen LogP contribution in [0.3, 0.4) is 0 Å². The predicted octanol–water partition coefficient (Wildman–Crippen LogP) is 6.64. The molecule has 29 heavy (non-hydrogen) atoms. The van der Waals surface area contributed by atoms with Crippen molar-refractivity contribution in [2.24, 2.45) is 5.92 Å². The molecule has 0 spiro atoms. The zero-order valence-electron chi connectivity index (χ0n) is 17.6. The molecule has 1 aliphatic rings. The first-order valence-electron chi connectivity index (χ1n) is 11.0. The molecule has 1 fully saturated rings. The smallest absolute Gasteiger partial charge is 0.0865 e. The van der Waals surface area contributed by atoms with Gasteiger partial charge < -0.3 is 4.90 Å². The average molecular weight is 409 g/mol. The van der Waals surface area contributed by atoms with Crippen LogP contribution in [0.25, 0.3) is 0 Å². The van der Waals surface area contributed by atoms with Crippen molar-refractivity contribution in [3.63, 3.8) is 0 Å². The lowest BCUT2D eigenvalue weighted by molar-refractivity contribution is 0.224.